The maximum absolute atomic E-state index is 11.1. The minimum Gasteiger partial charge on any atom is -0.481 e. The molecule has 0 heterocycles. The van der Waals surface area contributed by atoms with Crippen LogP contribution in [0, 0.1) is 5.92 Å². The number of amides is 1. The summed E-state index contributed by atoms with van der Waals surface area (Å²) in [5.74, 6) is -2.52. The SMILES string of the molecule is CCOC1C(C(=O)O)CC(O)C(NC(C)=O)C1O. The Hall–Kier alpha value is -1.18. The van der Waals surface area contributed by atoms with Crippen molar-refractivity contribution < 1.29 is 29.6 Å². The normalized spacial score (nSPS) is 36.1. The zero-order chi connectivity index (χ0) is 13.9. The average molecular weight is 261 g/mol. The second kappa shape index (κ2) is 6.12. The topological polar surface area (TPSA) is 116 Å². The molecule has 5 unspecified atom stereocenters. The molecule has 0 aliphatic heterocycles. The Balaban J connectivity index is 2.88. The van der Waals surface area contributed by atoms with Crippen LogP contribution in [0.5, 0.6) is 0 Å². The molecule has 5 atom stereocenters. The number of ether oxygens (including phenoxy) is 1. The standard InChI is InChI=1S/C11H19NO6/c1-3-18-10-6(11(16)17)4-7(14)8(9(10)15)12-5(2)13/h6-10,14-15H,3-4H2,1-2H3,(H,12,13)(H,16,17). The van der Waals surface area contributed by atoms with E-state index in [4.69, 9.17) is 9.84 Å². The van der Waals surface area contributed by atoms with E-state index in [1.54, 1.807) is 6.92 Å². The zero-order valence-corrected chi connectivity index (χ0v) is 10.4. The number of hydrogen-bond donors (Lipinski definition) is 4. The molecule has 104 valence electrons. The predicted molar refractivity (Wildman–Crippen MR) is 60.8 cm³/mol. The monoisotopic (exact) mass is 261 g/mol. The quantitative estimate of drug-likeness (QED) is 0.501. The highest BCUT2D eigenvalue weighted by atomic mass is 16.5. The van der Waals surface area contributed by atoms with Gasteiger partial charge in [0.1, 0.15) is 6.10 Å². The number of rotatable bonds is 4. The van der Waals surface area contributed by atoms with Crippen LogP contribution in [0.4, 0.5) is 0 Å². The summed E-state index contributed by atoms with van der Waals surface area (Å²) >= 11 is 0. The van der Waals surface area contributed by atoms with E-state index < -0.39 is 42.1 Å². The van der Waals surface area contributed by atoms with Crippen molar-refractivity contribution in [2.24, 2.45) is 5.92 Å². The molecule has 1 aliphatic carbocycles. The van der Waals surface area contributed by atoms with E-state index in [1.807, 2.05) is 0 Å². The molecule has 4 N–H and O–H groups in total. The summed E-state index contributed by atoms with van der Waals surface area (Å²) in [5, 5.41) is 31.3. The van der Waals surface area contributed by atoms with Crippen LogP contribution in [0.2, 0.25) is 0 Å². The molecule has 7 nitrogen and oxygen atoms in total. The molecule has 0 aromatic carbocycles. The van der Waals surface area contributed by atoms with Crippen molar-refractivity contribution in [2.45, 2.75) is 44.6 Å². The first-order chi connectivity index (χ1) is 8.38. The number of carbonyl (C=O) groups is 2. The van der Waals surface area contributed by atoms with Crippen LogP contribution < -0.4 is 5.32 Å². The molecule has 1 aliphatic rings. The van der Waals surface area contributed by atoms with Gasteiger partial charge in [-0.25, -0.2) is 0 Å². The van der Waals surface area contributed by atoms with Crippen molar-refractivity contribution in [1.29, 1.82) is 0 Å². The minimum absolute atomic E-state index is 0.0675. The maximum atomic E-state index is 11.1. The minimum atomic E-state index is -1.25. The molecular formula is C11H19NO6. The Morgan fingerprint density at radius 2 is 2.00 bits per heavy atom. The lowest BCUT2D eigenvalue weighted by atomic mass is 9.79. The Labute approximate surface area is 105 Å². The summed E-state index contributed by atoms with van der Waals surface area (Å²) in [4.78, 5) is 22.1. The number of carbonyl (C=O) groups excluding carboxylic acids is 1. The van der Waals surface area contributed by atoms with Gasteiger partial charge in [0.25, 0.3) is 0 Å². The lowest BCUT2D eigenvalue weighted by Gasteiger charge is -2.41. The van der Waals surface area contributed by atoms with Crippen molar-refractivity contribution in [2.75, 3.05) is 6.61 Å². The average Bonchev–Trinajstić information content (AvgIpc) is 2.27. The molecule has 1 rings (SSSR count). The van der Waals surface area contributed by atoms with Crippen LogP contribution in [0.3, 0.4) is 0 Å². The van der Waals surface area contributed by atoms with Crippen LogP contribution in [-0.2, 0) is 14.3 Å². The fourth-order valence-corrected chi connectivity index (χ4v) is 2.28. The number of hydrogen-bond acceptors (Lipinski definition) is 5. The van der Waals surface area contributed by atoms with Crippen LogP contribution in [-0.4, -0.2) is 58.2 Å². The number of aliphatic carboxylic acids is 1. The zero-order valence-electron chi connectivity index (χ0n) is 10.4. The molecule has 0 aromatic heterocycles. The second-order valence-electron chi connectivity index (χ2n) is 4.38. The molecule has 18 heavy (non-hydrogen) atoms. The van der Waals surface area contributed by atoms with Gasteiger partial charge in [0.05, 0.1) is 24.2 Å². The molecule has 0 radical (unpaired) electrons. The summed E-state index contributed by atoms with van der Waals surface area (Å²) in [7, 11) is 0. The first-order valence-corrected chi connectivity index (χ1v) is 5.86. The van der Waals surface area contributed by atoms with Gasteiger partial charge in [-0.2, -0.15) is 0 Å². The highest BCUT2D eigenvalue weighted by Crippen LogP contribution is 2.28. The van der Waals surface area contributed by atoms with Gasteiger partial charge in [0, 0.05) is 13.5 Å². The van der Waals surface area contributed by atoms with Gasteiger partial charge in [-0.15, -0.1) is 0 Å². The van der Waals surface area contributed by atoms with E-state index in [-0.39, 0.29) is 13.0 Å². The van der Waals surface area contributed by atoms with Crippen molar-refractivity contribution in [3.63, 3.8) is 0 Å². The smallest absolute Gasteiger partial charge is 0.309 e. The Bertz CT molecular complexity index is 321. The van der Waals surface area contributed by atoms with E-state index in [2.05, 4.69) is 5.32 Å². The summed E-state index contributed by atoms with van der Waals surface area (Å²) in [6, 6.07) is -0.908. The van der Waals surface area contributed by atoms with Crippen LogP contribution in [0.1, 0.15) is 20.3 Å². The number of aliphatic hydroxyl groups is 2. The first-order valence-electron chi connectivity index (χ1n) is 5.86. The first kappa shape index (κ1) is 14.9. The summed E-state index contributed by atoms with van der Waals surface area (Å²) in [5.41, 5.74) is 0. The van der Waals surface area contributed by atoms with Gasteiger partial charge in [-0.3, -0.25) is 9.59 Å². The molecule has 1 saturated carbocycles. The van der Waals surface area contributed by atoms with Gasteiger partial charge >= 0.3 is 5.97 Å². The van der Waals surface area contributed by atoms with Crippen LogP contribution in [0.25, 0.3) is 0 Å². The summed E-state index contributed by atoms with van der Waals surface area (Å²) < 4.78 is 5.24. The lowest BCUT2D eigenvalue weighted by Crippen LogP contribution is -2.62. The van der Waals surface area contributed by atoms with Gasteiger partial charge in [-0.1, -0.05) is 0 Å². The molecular weight excluding hydrogens is 242 g/mol. The molecule has 7 heteroatoms. The van der Waals surface area contributed by atoms with Gasteiger partial charge in [-0.05, 0) is 13.3 Å². The summed E-state index contributed by atoms with van der Waals surface area (Å²) in [6.07, 6.45) is -3.37. The van der Waals surface area contributed by atoms with E-state index in [0.29, 0.717) is 0 Å². The fourth-order valence-electron chi connectivity index (χ4n) is 2.28. The molecule has 0 aromatic rings. The predicted octanol–water partition coefficient (Wildman–Crippen LogP) is -1.28. The van der Waals surface area contributed by atoms with Gasteiger partial charge in [0.2, 0.25) is 5.91 Å². The van der Waals surface area contributed by atoms with E-state index in [1.165, 1.54) is 6.92 Å². The fraction of sp³-hybridized carbons (Fsp3) is 0.818. The Kier molecular flexibility index (Phi) is 5.06. The van der Waals surface area contributed by atoms with Crippen molar-refractivity contribution in [1.82, 2.24) is 5.32 Å². The third-order valence-corrected chi connectivity index (χ3v) is 3.06. The molecule has 0 spiro atoms. The van der Waals surface area contributed by atoms with Crippen LogP contribution >= 0.6 is 0 Å². The molecule has 1 fully saturated rings. The molecule has 0 saturated heterocycles. The molecule has 0 bridgehead atoms. The number of carboxylic acids is 1. The Morgan fingerprint density at radius 3 is 2.44 bits per heavy atom. The third kappa shape index (κ3) is 3.18. The van der Waals surface area contributed by atoms with Gasteiger partial charge < -0.3 is 25.4 Å². The van der Waals surface area contributed by atoms with Crippen molar-refractivity contribution in [3.8, 4) is 0 Å². The van der Waals surface area contributed by atoms with E-state index >= 15 is 0 Å². The number of aliphatic hydroxyl groups excluding tert-OH is 2. The van der Waals surface area contributed by atoms with Gasteiger partial charge in [0.15, 0.2) is 0 Å². The lowest BCUT2D eigenvalue weighted by molar-refractivity contribution is -0.169. The van der Waals surface area contributed by atoms with Crippen LogP contribution in [0.15, 0.2) is 0 Å². The summed E-state index contributed by atoms with van der Waals surface area (Å²) in [6.45, 7) is 3.19. The molecule has 1 amide bonds. The van der Waals surface area contributed by atoms with E-state index in [0.717, 1.165) is 0 Å². The number of carboxylic acid groups (broad SMARTS) is 1. The third-order valence-electron chi connectivity index (χ3n) is 3.06. The van der Waals surface area contributed by atoms with Crippen molar-refractivity contribution in [3.05, 3.63) is 0 Å². The van der Waals surface area contributed by atoms with Crippen molar-refractivity contribution >= 4 is 11.9 Å². The Morgan fingerprint density at radius 1 is 1.39 bits per heavy atom. The second-order valence-corrected chi connectivity index (χ2v) is 4.38. The highest BCUT2D eigenvalue weighted by Gasteiger charge is 2.47. The largest absolute Gasteiger partial charge is 0.481 e. The maximum Gasteiger partial charge on any atom is 0.309 e. The highest BCUT2D eigenvalue weighted by molar-refractivity contribution is 5.74. The number of nitrogens with one attached hydrogen (secondary N) is 1. The van der Waals surface area contributed by atoms with E-state index in [9.17, 15) is 19.8 Å².